The van der Waals surface area contributed by atoms with Crippen LogP contribution in [-0.4, -0.2) is 48.3 Å². The zero-order valence-electron chi connectivity index (χ0n) is 19.4. The number of anilines is 1. The van der Waals surface area contributed by atoms with E-state index < -0.39 is 68.0 Å². The fraction of sp³-hybridized carbons (Fsp3) is 0.391. The number of nitrogens with one attached hydrogen (secondary N) is 2. The van der Waals surface area contributed by atoms with E-state index in [1.807, 2.05) is 0 Å². The van der Waals surface area contributed by atoms with Gasteiger partial charge in [-0.3, -0.25) is 9.59 Å². The molecule has 3 rings (SSSR count). The topological polar surface area (TPSA) is 92.3 Å². The second-order valence-corrected chi connectivity index (χ2v) is 13.8. The van der Waals surface area contributed by atoms with Crippen LogP contribution in [0.4, 0.5) is 18.9 Å². The number of halogens is 8. The summed E-state index contributed by atoms with van der Waals surface area (Å²) >= 11 is 30.9. The standard InChI is InChI=1S/C23H20Cl5F3N2O4S/c1-11(10-38(36,37)5-4-22(29,30)31)32-20(34)16-9-15(2-3-17(16)26)33-21(35)19-18(23(19,27)28)12-6-13(24)8-14(25)7-12/h2-3,6-9,11,18-19H,4-5,10H2,1H3,(H,32,34)(H,33,35)/t11-,18-,19+/m1/s1. The van der Waals surface area contributed by atoms with Crippen molar-refractivity contribution >= 4 is 85.3 Å². The summed E-state index contributed by atoms with van der Waals surface area (Å²) in [5.41, 5.74) is 0.651. The molecular weight excluding hydrogens is 635 g/mol. The molecule has 1 aliphatic carbocycles. The van der Waals surface area contributed by atoms with Crippen LogP contribution < -0.4 is 10.6 Å². The van der Waals surface area contributed by atoms with E-state index in [0.717, 1.165) is 0 Å². The summed E-state index contributed by atoms with van der Waals surface area (Å²) in [6.45, 7) is 1.33. The molecule has 2 aromatic rings. The number of benzene rings is 2. The zero-order chi connectivity index (χ0) is 28.6. The van der Waals surface area contributed by atoms with E-state index in [1.165, 1.54) is 31.2 Å². The second kappa shape index (κ2) is 11.6. The Balaban J connectivity index is 1.67. The lowest BCUT2D eigenvalue weighted by atomic mass is 10.1. The number of alkyl halides is 5. The molecule has 1 fully saturated rings. The Morgan fingerprint density at radius 1 is 1.05 bits per heavy atom. The van der Waals surface area contributed by atoms with Crippen molar-refractivity contribution in [2.45, 2.75) is 35.8 Å². The number of hydrogen-bond acceptors (Lipinski definition) is 4. The number of carbonyl (C=O) groups is 2. The number of carbonyl (C=O) groups excluding carboxylic acids is 2. The molecule has 0 aromatic heterocycles. The summed E-state index contributed by atoms with van der Waals surface area (Å²) in [4.78, 5) is 25.7. The van der Waals surface area contributed by atoms with E-state index in [0.29, 0.717) is 15.6 Å². The van der Waals surface area contributed by atoms with Gasteiger partial charge in [-0.1, -0.05) is 34.8 Å². The third kappa shape index (κ3) is 8.05. The normalized spacial score (nSPS) is 19.5. The molecule has 2 amide bonds. The van der Waals surface area contributed by atoms with Crippen molar-refractivity contribution < 1.29 is 31.2 Å². The lowest BCUT2D eigenvalue weighted by molar-refractivity contribution is -0.130. The second-order valence-electron chi connectivity index (χ2n) is 8.87. The highest BCUT2D eigenvalue weighted by Crippen LogP contribution is 2.65. The van der Waals surface area contributed by atoms with Gasteiger partial charge in [0.1, 0.15) is 4.33 Å². The van der Waals surface area contributed by atoms with Crippen molar-refractivity contribution in [1.29, 1.82) is 0 Å². The molecule has 0 radical (unpaired) electrons. The fourth-order valence-corrected chi connectivity index (χ4v) is 7.03. The van der Waals surface area contributed by atoms with E-state index in [9.17, 15) is 31.2 Å². The summed E-state index contributed by atoms with van der Waals surface area (Å²) < 4.78 is 59.6. The summed E-state index contributed by atoms with van der Waals surface area (Å²) in [6.07, 6.45) is -6.10. The predicted molar refractivity (Wildman–Crippen MR) is 143 cm³/mol. The molecule has 1 aliphatic rings. The van der Waals surface area contributed by atoms with Gasteiger partial charge in [0.15, 0.2) is 9.84 Å². The first-order valence-electron chi connectivity index (χ1n) is 10.9. The quantitative estimate of drug-likeness (QED) is 0.296. The molecule has 208 valence electrons. The molecular formula is C23H20Cl5F3N2O4S. The molecule has 6 nitrogen and oxygen atoms in total. The largest absolute Gasteiger partial charge is 0.390 e. The summed E-state index contributed by atoms with van der Waals surface area (Å²) in [5, 5.41) is 5.70. The van der Waals surface area contributed by atoms with Crippen molar-refractivity contribution in [2.75, 3.05) is 16.8 Å². The van der Waals surface area contributed by atoms with Crippen LogP contribution in [0.2, 0.25) is 15.1 Å². The van der Waals surface area contributed by atoms with Gasteiger partial charge in [-0.05, 0) is 48.9 Å². The number of hydrogen-bond donors (Lipinski definition) is 2. The number of rotatable bonds is 9. The van der Waals surface area contributed by atoms with Crippen LogP contribution in [-0.2, 0) is 14.6 Å². The van der Waals surface area contributed by atoms with Gasteiger partial charge in [-0.2, -0.15) is 13.2 Å². The van der Waals surface area contributed by atoms with Crippen LogP contribution in [0.15, 0.2) is 36.4 Å². The zero-order valence-corrected chi connectivity index (χ0v) is 24.0. The molecule has 0 aliphatic heterocycles. The maximum atomic E-state index is 13.0. The highest BCUT2D eigenvalue weighted by Gasteiger charge is 2.67. The van der Waals surface area contributed by atoms with Crippen molar-refractivity contribution in [3.05, 3.63) is 62.6 Å². The molecule has 0 bridgehead atoms. The average molecular weight is 655 g/mol. The molecule has 38 heavy (non-hydrogen) atoms. The van der Waals surface area contributed by atoms with E-state index in [1.54, 1.807) is 12.1 Å². The lowest BCUT2D eigenvalue weighted by Gasteiger charge is -2.16. The molecule has 0 saturated heterocycles. The van der Waals surface area contributed by atoms with E-state index in [2.05, 4.69) is 10.6 Å². The highest BCUT2D eigenvalue weighted by molar-refractivity contribution is 7.91. The van der Waals surface area contributed by atoms with Gasteiger partial charge in [0, 0.05) is 27.7 Å². The van der Waals surface area contributed by atoms with Gasteiger partial charge < -0.3 is 10.6 Å². The van der Waals surface area contributed by atoms with Gasteiger partial charge in [0.25, 0.3) is 5.91 Å². The summed E-state index contributed by atoms with van der Waals surface area (Å²) in [6, 6.07) is 7.73. The molecule has 2 aromatic carbocycles. The van der Waals surface area contributed by atoms with Crippen molar-refractivity contribution in [1.82, 2.24) is 5.32 Å². The van der Waals surface area contributed by atoms with Crippen molar-refractivity contribution in [3.8, 4) is 0 Å². The van der Waals surface area contributed by atoms with E-state index in [4.69, 9.17) is 58.0 Å². The molecule has 3 atom stereocenters. The molecule has 1 saturated carbocycles. The average Bonchev–Trinajstić information content (AvgIpc) is 3.34. The van der Waals surface area contributed by atoms with Crippen molar-refractivity contribution in [3.63, 3.8) is 0 Å². The van der Waals surface area contributed by atoms with E-state index in [-0.39, 0.29) is 16.3 Å². The van der Waals surface area contributed by atoms with Gasteiger partial charge in [-0.25, -0.2) is 8.42 Å². The van der Waals surface area contributed by atoms with E-state index >= 15 is 0 Å². The maximum absolute atomic E-state index is 13.0. The monoisotopic (exact) mass is 652 g/mol. The van der Waals surface area contributed by atoms with Crippen LogP contribution in [0.3, 0.4) is 0 Å². The van der Waals surface area contributed by atoms with Gasteiger partial charge in [-0.15, -0.1) is 23.2 Å². The lowest BCUT2D eigenvalue weighted by Crippen LogP contribution is -2.38. The van der Waals surface area contributed by atoms with Gasteiger partial charge >= 0.3 is 6.18 Å². The molecule has 0 unspecified atom stereocenters. The first kappa shape index (κ1) is 31.1. The Morgan fingerprint density at radius 2 is 1.66 bits per heavy atom. The van der Waals surface area contributed by atoms with Crippen LogP contribution in [0.25, 0.3) is 0 Å². The SMILES string of the molecule is C[C@H](CS(=O)(=O)CCC(F)(F)F)NC(=O)c1cc(NC(=O)[C@@H]2[C@@H](c3cc(Cl)cc(Cl)c3)C2(Cl)Cl)ccc1Cl. The van der Waals surface area contributed by atoms with Crippen LogP contribution >= 0.6 is 58.0 Å². The maximum Gasteiger partial charge on any atom is 0.390 e. The Labute approximate surface area is 242 Å². The first-order valence-corrected chi connectivity index (χ1v) is 14.6. The molecule has 15 heteroatoms. The minimum absolute atomic E-state index is 0.00507. The van der Waals surface area contributed by atoms with Crippen LogP contribution in [0, 0.1) is 5.92 Å². The molecule has 0 spiro atoms. The Bertz CT molecular complexity index is 1330. The minimum Gasteiger partial charge on any atom is -0.349 e. The Hall–Kier alpha value is -1.43. The fourth-order valence-electron chi connectivity index (χ4n) is 3.90. The minimum atomic E-state index is -4.62. The van der Waals surface area contributed by atoms with Crippen molar-refractivity contribution in [2.24, 2.45) is 5.92 Å². The van der Waals surface area contributed by atoms with Gasteiger partial charge in [0.2, 0.25) is 5.91 Å². The Morgan fingerprint density at radius 3 is 2.24 bits per heavy atom. The molecule has 0 heterocycles. The highest BCUT2D eigenvalue weighted by atomic mass is 35.5. The van der Waals surface area contributed by atoms with Crippen LogP contribution in [0.5, 0.6) is 0 Å². The number of sulfone groups is 1. The van der Waals surface area contributed by atoms with Gasteiger partial charge in [0.05, 0.1) is 34.4 Å². The first-order chi connectivity index (χ1) is 17.4. The Kier molecular flexibility index (Phi) is 9.48. The predicted octanol–water partition coefficient (Wildman–Crippen LogP) is 6.66. The third-order valence-electron chi connectivity index (χ3n) is 5.64. The number of amides is 2. The third-order valence-corrected chi connectivity index (χ3v) is 9.18. The smallest absolute Gasteiger partial charge is 0.349 e. The van der Waals surface area contributed by atoms with Crippen LogP contribution in [0.1, 0.15) is 35.2 Å². The summed E-state index contributed by atoms with van der Waals surface area (Å²) in [5.74, 6) is -4.59. The molecule has 2 N–H and O–H groups in total. The summed E-state index contributed by atoms with van der Waals surface area (Å²) in [7, 11) is -4.09.